The van der Waals surface area contributed by atoms with E-state index < -0.39 is 11.8 Å². The Balaban J connectivity index is 3.18. The van der Waals surface area contributed by atoms with E-state index in [0.717, 1.165) is 0 Å². The molecule has 0 aromatic heterocycles. The molecule has 1 N–H and O–H groups in total. The van der Waals surface area contributed by atoms with E-state index in [1.54, 1.807) is 24.4 Å². The van der Waals surface area contributed by atoms with Gasteiger partial charge in [-0.15, -0.1) is 6.07 Å². The lowest BCUT2D eigenvalue weighted by molar-refractivity contribution is -0.684. The molecule has 0 spiro atoms. The molecular formula is C9H8N2O2. The normalized spacial score (nSPS) is 14.3. The van der Waals surface area contributed by atoms with Gasteiger partial charge in [-0.2, -0.15) is 4.57 Å². The summed E-state index contributed by atoms with van der Waals surface area (Å²) < 4.78 is 9.60. The van der Waals surface area contributed by atoms with Crippen molar-refractivity contribution in [3.05, 3.63) is 46.8 Å². The van der Waals surface area contributed by atoms with Gasteiger partial charge in [0.25, 0.3) is 5.35 Å². The van der Waals surface area contributed by atoms with Gasteiger partial charge in [-0.05, 0) is 0 Å². The number of hydrogen-bond acceptors (Lipinski definition) is 2. The molecule has 2 aliphatic rings. The SMILES string of the molecule is [3H]/C(O)=c1/c(=O)[n+]2c[cH-]cc[c-]-2[n+]1=C. The second-order valence-corrected chi connectivity index (χ2v) is 2.62. The minimum Gasteiger partial charge on any atom is -0.516 e. The highest BCUT2D eigenvalue weighted by Gasteiger charge is 2.16. The van der Waals surface area contributed by atoms with Crippen LogP contribution in [0.4, 0.5) is 0 Å². The summed E-state index contributed by atoms with van der Waals surface area (Å²) in [6.07, 6.45) is 0.792. The average molecular weight is 178 g/mol. The summed E-state index contributed by atoms with van der Waals surface area (Å²) in [6, 6.07) is 5.13. The molecule has 4 heteroatoms. The first-order valence-corrected chi connectivity index (χ1v) is 3.69. The zero-order chi connectivity index (χ0) is 10.3. The lowest BCUT2D eigenvalue weighted by Crippen LogP contribution is -2.48. The van der Waals surface area contributed by atoms with Crippen molar-refractivity contribution in [1.29, 1.82) is 0 Å². The molecule has 0 fully saturated rings. The van der Waals surface area contributed by atoms with E-state index in [9.17, 15) is 4.79 Å². The van der Waals surface area contributed by atoms with Crippen molar-refractivity contribution in [2.45, 2.75) is 0 Å². The summed E-state index contributed by atoms with van der Waals surface area (Å²) >= 11 is 0. The molecule has 0 saturated heterocycles. The van der Waals surface area contributed by atoms with Crippen molar-refractivity contribution in [3.63, 3.8) is 0 Å². The molecule has 2 heterocycles. The van der Waals surface area contributed by atoms with Gasteiger partial charge in [0.05, 0.1) is 6.72 Å². The standard InChI is InChI=1S/C9H8N2O2/c1-10-7(6-12)9(13)11-5-3-2-4-8(10)11/h2-6,12H,1H2/b7-6+/i6T. The van der Waals surface area contributed by atoms with Crippen LogP contribution in [0, 0.1) is 6.72 Å². The first kappa shape index (κ1) is 6.54. The zero-order valence-electron chi connectivity index (χ0n) is 7.77. The highest BCUT2D eigenvalue weighted by molar-refractivity contribution is 5.07. The topological polar surface area (TPSA) is 47.1 Å². The van der Waals surface area contributed by atoms with Crippen LogP contribution < -0.4 is 19.7 Å². The van der Waals surface area contributed by atoms with E-state index in [-0.39, 0.29) is 5.35 Å². The zero-order valence-corrected chi connectivity index (χ0v) is 6.77. The van der Waals surface area contributed by atoms with Crippen LogP contribution in [0.2, 0.25) is 0 Å². The number of nitrogens with zero attached hydrogens (tertiary/aromatic N) is 2. The van der Waals surface area contributed by atoms with Crippen LogP contribution >= 0.6 is 0 Å². The molecule has 0 radical (unpaired) electrons. The van der Waals surface area contributed by atoms with E-state index in [0.29, 0.717) is 5.82 Å². The summed E-state index contributed by atoms with van der Waals surface area (Å²) in [6.45, 7) is 3.59. The molecule has 0 aliphatic carbocycles. The number of hydrogen-bond donors (Lipinski definition) is 1. The van der Waals surface area contributed by atoms with Crippen molar-refractivity contribution in [3.8, 4) is 5.82 Å². The van der Waals surface area contributed by atoms with Gasteiger partial charge in [-0.25, -0.2) is 10.3 Å². The smallest absolute Gasteiger partial charge is 0.411 e. The highest BCUT2D eigenvalue weighted by atomic mass is 16.2. The summed E-state index contributed by atoms with van der Waals surface area (Å²) in [7, 11) is 0. The van der Waals surface area contributed by atoms with Crippen molar-refractivity contribution in [2.75, 3.05) is 0 Å². The number of imidazole rings is 1. The minimum atomic E-state index is -0.770. The molecule has 2 aliphatic heterocycles. The Bertz CT molecular complexity index is 560. The lowest BCUT2D eigenvalue weighted by atomic mass is 10.4. The number of pyridine rings is 1. The van der Waals surface area contributed by atoms with Crippen molar-refractivity contribution < 1.29 is 15.3 Å². The quantitative estimate of drug-likeness (QED) is 0.391. The predicted molar refractivity (Wildman–Crippen MR) is 44.3 cm³/mol. The third-order valence-corrected chi connectivity index (χ3v) is 1.91. The first-order chi connectivity index (χ1) is 6.63. The van der Waals surface area contributed by atoms with Crippen LogP contribution in [-0.4, -0.2) is 5.11 Å². The molecule has 0 saturated carbocycles. The lowest BCUT2D eigenvalue weighted by Gasteiger charge is -1.93. The van der Waals surface area contributed by atoms with Crippen molar-refractivity contribution in [2.24, 2.45) is 0 Å². The molecular weight excluding hydrogens is 168 g/mol. The molecule has 0 atom stereocenters. The van der Waals surface area contributed by atoms with Gasteiger partial charge in [0.2, 0.25) is 0 Å². The van der Waals surface area contributed by atoms with Crippen molar-refractivity contribution in [1.82, 2.24) is 0 Å². The number of rotatable bonds is 0. The minimum absolute atomic E-state index is 0.115. The Kier molecular flexibility index (Phi) is 1.26. The average Bonchev–Trinajstić information content (AvgIpc) is 2.41. The number of aliphatic hydroxyl groups is 1. The predicted octanol–water partition coefficient (Wildman–Crippen LogP) is -1.58. The first-order valence-electron chi connectivity index (χ1n) is 4.19. The van der Waals surface area contributed by atoms with Gasteiger partial charge in [-0.3, -0.25) is 10.9 Å². The van der Waals surface area contributed by atoms with E-state index in [1.807, 2.05) is 0 Å². The maximum atomic E-state index is 11.6. The van der Waals surface area contributed by atoms with E-state index in [4.69, 9.17) is 6.48 Å². The summed E-state index contributed by atoms with van der Waals surface area (Å²) in [4.78, 5) is 11.6. The summed E-state index contributed by atoms with van der Waals surface area (Å²) in [5, 5.41) is 8.88. The number of aliphatic hydroxyl groups excluding tert-OH is 1. The van der Waals surface area contributed by atoms with Crippen LogP contribution in [-0.2, 0) is 0 Å². The third-order valence-electron chi connectivity index (χ3n) is 1.91. The van der Waals surface area contributed by atoms with Crippen LogP contribution in [0.15, 0.2) is 29.2 Å². The summed E-state index contributed by atoms with van der Waals surface area (Å²) in [5.41, 5.74) is -0.442. The van der Waals surface area contributed by atoms with Gasteiger partial charge in [0.1, 0.15) is 7.61 Å². The largest absolute Gasteiger partial charge is 0.516 e. The molecule has 0 amide bonds. The van der Waals surface area contributed by atoms with Crippen LogP contribution in [0.5, 0.6) is 0 Å². The van der Waals surface area contributed by atoms with Gasteiger partial charge >= 0.3 is 11.4 Å². The van der Waals surface area contributed by atoms with Gasteiger partial charge in [0.15, 0.2) is 0 Å². The second kappa shape index (κ2) is 2.52. The van der Waals surface area contributed by atoms with E-state index in [1.165, 1.54) is 8.81 Å². The molecule has 0 unspecified atom stereocenters. The van der Waals surface area contributed by atoms with Crippen molar-refractivity contribution >= 4 is 6.24 Å². The molecule has 0 aromatic carbocycles. The Labute approximate surface area is 75.1 Å². The second-order valence-electron chi connectivity index (χ2n) is 2.62. The summed E-state index contributed by atoms with van der Waals surface area (Å²) in [5.74, 6) is 0.534. The van der Waals surface area contributed by atoms with Crippen LogP contribution in [0.25, 0.3) is 12.1 Å². The molecule has 4 nitrogen and oxygen atoms in total. The molecule has 0 bridgehead atoms. The molecule has 0 aromatic rings. The van der Waals surface area contributed by atoms with E-state index in [2.05, 4.69) is 6.72 Å². The Morgan fingerprint density at radius 3 is 3.23 bits per heavy atom. The van der Waals surface area contributed by atoms with Gasteiger partial charge in [-0.1, -0.05) is 0 Å². The molecule has 66 valence electrons. The number of fused-ring (bicyclic) bond motifs is 1. The van der Waals surface area contributed by atoms with Gasteiger partial charge in [0, 0.05) is 6.20 Å². The fourth-order valence-electron chi connectivity index (χ4n) is 1.28. The maximum absolute atomic E-state index is 11.6. The molecule has 13 heavy (non-hydrogen) atoms. The van der Waals surface area contributed by atoms with Crippen LogP contribution in [0.3, 0.4) is 0 Å². The Morgan fingerprint density at radius 1 is 1.85 bits per heavy atom. The maximum Gasteiger partial charge on any atom is 0.411 e. The highest BCUT2D eigenvalue weighted by Crippen LogP contribution is 1.85. The van der Waals surface area contributed by atoms with E-state index >= 15 is 0 Å². The fraction of sp³-hybridized carbons (Fsp3) is 0. The monoisotopic (exact) mass is 178 g/mol. The Morgan fingerprint density at radius 2 is 2.62 bits per heavy atom. The fourth-order valence-corrected chi connectivity index (χ4v) is 1.28. The van der Waals surface area contributed by atoms with Gasteiger partial charge < -0.3 is 5.11 Å². The number of aromatic nitrogens is 2. The molecule has 2 rings (SSSR count). The van der Waals surface area contributed by atoms with Crippen LogP contribution in [0.1, 0.15) is 1.37 Å². The Hall–Kier alpha value is -1.97. The third kappa shape index (κ3) is 0.885.